The van der Waals surface area contributed by atoms with Crippen LogP contribution >= 0.6 is 0 Å². The van der Waals surface area contributed by atoms with Crippen LogP contribution in [0.3, 0.4) is 0 Å². The number of carbonyl (C=O) groups excluding carboxylic acids is 2. The van der Waals surface area contributed by atoms with Gasteiger partial charge < -0.3 is 15.4 Å². The van der Waals surface area contributed by atoms with E-state index in [1.165, 1.54) is 6.92 Å². The maximum Gasteiger partial charge on any atom is 0.265 e. The molecule has 2 aromatic carbocycles. The first-order valence-corrected chi connectivity index (χ1v) is 6.95. The number of carbonyl (C=O) groups is 2. The number of hydrogen-bond acceptors (Lipinski definition) is 3. The van der Waals surface area contributed by atoms with Crippen molar-refractivity contribution in [2.75, 3.05) is 10.6 Å². The molecule has 0 heterocycles. The zero-order chi connectivity index (χ0) is 15.9. The minimum absolute atomic E-state index is 0.163. The standard InChI is InChI=1S/C17H18N2O3/c1-12(22-16-9-4-3-5-10-16)17(21)19-15-8-6-7-14(11-15)18-13(2)20/h3-12H,1-2H3,(H,18,20)(H,19,21)/t12-/m0/s1. The second-order valence-electron chi connectivity index (χ2n) is 4.82. The largest absolute Gasteiger partial charge is 0.481 e. The van der Waals surface area contributed by atoms with E-state index in [0.29, 0.717) is 17.1 Å². The van der Waals surface area contributed by atoms with Crippen molar-refractivity contribution in [1.29, 1.82) is 0 Å². The van der Waals surface area contributed by atoms with Gasteiger partial charge in [-0.05, 0) is 37.3 Å². The Balaban J connectivity index is 1.97. The van der Waals surface area contributed by atoms with Gasteiger partial charge in [-0.3, -0.25) is 9.59 Å². The van der Waals surface area contributed by atoms with Gasteiger partial charge in [-0.1, -0.05) is 24.3 Å². The van der Waals surface area contributed by atoms with Crippen molar-refractivity contribution in [3.05, 3.63) is 54.6 Å². The third kappa shape index (κ3) is 4.63. The normalized spacial score (nSPS) is 11.4. The summed E-state index contributed by atoms with van der Waals surface area (Å²) in [6.45, 7) is 3.11. The average molecular weight is 298 g/mol. The van der Waals surface area contributed by atoms with Gasteiger partial charge in [-0.2, -0.15) is 0 Å². The molecule has 2 N–H and O–H groups in total. The van der Waals surface area contributed by atoms with Crippen molar-refractivity contribution in [1.82, 2.24) is 0 Å². The van der Waals surface area contributed by atoms with Crippen LogP contribution in [0.2, 0.25) is 0 Å². The summed E-state index contributed by atoms with van der Waals surface area (Å²) in [5.41, 5.74) is 1.22. The van der Waals surface area contributed by atoms with Crippen molar-refractivity contribution in [3.8, 4) is 5.75 Å². The summed E-state index contributed by atoms with van der Waals surface area (Å²) in [6, 6.07) is 16.1. The second-order valence-corrected chi connectivity index (χ2v) is 4.82. The quantitative estimate of drug-likeness (QED) is 0.891. The molecule has 1 atom stereocenters. The molecule has 0 saturated carbocycles. The number of nitrogens with one attached hydrogen (secondary N) is 2. The Kier molecular flexibility index (Phi) is 5.14. The number of rotatable bonds is 5. The smallest absolute Gasteiger partial charge is 0.265 e. The predicted octanol–water partition coefficient (Wildman–Crippen LogP) is 3.05. The first-order valence-electron chi connectivity index (χ1n) is 6.95. The van der Waals surface area contributed by atoms with Crippen LogP contribution in [0, 0.1) is 0 Å². The summed E-state index contributed by atoms with van der Waals surface area (Å²) in [5.74, 6) is 0.213. The van der Waals surface area contributed by atoms with Gasteiger partial charge in [0.05, 0.1) is 0 Å². The Morgan fingerprint density at radius 1 is 0.955 bits per heavy atom. The molecule has 0 fully saturated rings. The van der Waals surface area contributed by atoms with Gasteiger partial charge >= 0.3 is 0 Å². The fourth-order valence-corrected chi connectivity index (χ4v) is 1.88. The predicted molar refractivity (Wildman–Crippen MR) is 85.9 cm³/mol. The number of benzene rings is 2. The lowest BCUT2D eigenvalue weighted by Gasteiger charge is -2.15. The fourth-order valence-electron chi connectivity index (χ4n) is 1.88. The molecule has 0 aromatic heterocycles. The third-order valence-electron chi connectivity index (χ3n) is 2.88. The van der Waals surface area contributed by atoms with E-state index in [-0.39, 0.29) is 11.8 Å². The van der Waals surface area contributed by atoms with Crippen LogP contribution < -0.4 is 15.4 Å². The topological polar surface area (TPSA) is 67.4 Å². The van der Waals surface area contributed by atoms with E-state index in [0.717, 1.165) is 0 Å². The molecule has 22 heavy (non-hydrogen) atoms. The van der Waals surface area contributed by atoms with Crippen LogP contribution in [0.5, 0.6) is 5.75 Å². The Hall–Kier alpha value is -2.82. The van der Waals surface area contributed by atoms with E-state index in [4.69, 9.17) is 4.74 Å². The Labute approximate surface area is 129 Å². The number of amides is 2. The highest BCUT2D eigenvalue weighted by atomic mass is 16.5. The van der Waals surface area contributed by atoms with Gasteiger partial charge in [-0.25, -0.2) is 0 Å². The van der Waals surface area contributed by atoms with E-state index in [2.05, 4.69) is 10.6 Å². The van der Waals surface area contributed by atoms with Gasteiger partial charge in [-0.15, -0.1) is 0 Å². The van der Waals surface area contributed by atoms with Crippen LogP contribution in [0.1, 0.15) is 13.8 Å². The van der Waals surface area contributed by atoms with Gasteiger partial charge in [0.15, 0.2) is 6.10 Å². The van der Waals surface area contributed by atoms with Crippen molar-refractivity contribution in [3.63, 3.8) is 0 Å². The first kappa shape index (κ1) is 15.6. The van der Waals surface area contributed by atoms with Gasteiger partial charge in [0.1, 0.15) is 5.75 Å². The zero-order valence-corrected chi connectivity index (χ0v) is 12.5. The highest BCUT2D eigenvalue weighted by Crippen LogP contribution is 2.16. The molecule has 0 aliphatic carbocycles. The van der Waals surface area contributed by atoms with E-state index in [1.54, 1.807) is 43.3 Å². The van der Waals surface area contributed by atoms with Gasteiger partial charge in [0.25, 0.3) is 5.91 Å². The Morgan fingerprint density at radius 2 is 1.59 bits per heavy atom. The van der Waals surface area contributed by atoms with Crippen molar-refractivity contribution in [2.24, 2.45) is 0 Å². The van der Waals surface area contributed by atoms with Crippen LogP contribution in [-0.2, 0) is 9.59 Å². The second kappa shape index (κ2) is 7.26. The number of ether oxygens (including phenoxy) is 1. The van der Waals surface area contributed by atoms with E-state index in [9.17, 15) is 9.59 Å². The molecular formula is C17H18N2O3. The summed E-state index contributed by atoms with van der Waals surface area (Å²) in [7, 11) is 0. The zero-order valence-electron chi connectivity index (χ0n) is 12.5. The average Bonchev–Trinajstić information content (AvgIpc) is 2.48. The molecule has 2 amide bonds. The van der Waals surface area contributed by atoms with E-state index in [1.807, 2.05) is 18.2 Å². The summed E-state index contributed by atoms with van der Waals surface area (Å²) in [5, 5.41) is 5.43. The van der Waals surface area contributed by atoms with E-state index < -0.39 is 6.10 Å². The maximum absolute atomic E-state index is 12.1. The fraction of sp³-hybridized carbons (Fsp3) is 0.176. The van der Waals surface area contributed by atoms with Crippen LogP contribution in [0.25, 0.3) is 0 Å². The molecule has 2 aromatic rings. The molecule has 114 valence electrons. The Morgan fingerprint density at radius 3 is 2.23 bits per heavy atom. The number of hydrogen-bond donors (Lipinski definition) is 2. The van der Waals surface area contributed by atoms with Gasteiger partial charge in [0, 0.05) is 18.3 Å². The molecule has 0 aliphatic heterocycles. The maximum atomic E-state index is 12.1. The lowest BCUT2D eigenvalue weighted by atomic mass is 10.2. The van der Waals surface area contributed by atoms with Gasteiger partial charge in [0.2, 0.25) is 5.91 Å². The molecule has 0 saturated heterocycles. The minimum Gasteiger partial charge on any atom is -0.481 e. The molecule has 5 nitrogen and oxygen atoms in total. The molecular weight excluding hydrogens is 280 g/mol. The van der Waals surface area contributed by atoms with Crippen molar-refractivity contribution >= 4 is 23.2 Å². The molecule has 2 rings (SSSR count). The molecule has 0 aliphatic rings. The third-order valence-corrected chi connectivity index (χ3v) is 2.88. The number of para-hydroxylation sites is 1. The summed E-state index contributed by atoms with van der Waals surface area (Å²) >= 11 is 0. The molecule has 0 unspecified atom stereocenters. The summed E-state index contributed by atoms with van der Waals surface area (Å²) in [4.78, 5) is 23.2. The lowest BCUT2D eigenvalue weighted by Crippen LogP contribution is -2.30. The monoisotopic (exact) mass is 298 g/mol. The van der Waals surface area contributed by atoms with Crippen molar-refractivity contribution < 1.29 is 14.3 Å². The molecule has 0 radical (unpaired) electrons. The molecule has 0 bridgehead atoms. The minimum atomic E-state index is -0.633. The number of anilines is 2. The SMILES string of the molecule is CC(=O)Nc1cccc(NC(=O)[C@H](C)Oc2ccccc2)c1. The summed E-state index contributed by atoms with van der Waals surface area (Å²) in [6.07, 6.45) is -0.633. The highest BCUT2D eigenvalue weighted by molar-refractivity contribution is 5.95. The molecule has 0 spiro atoms. The van der Waals surface area contributed by atoms with Crippen LogP contribution in [-0.4, -0.2) is 17.9 Å². The first-order chi connectivity index (χ1) is 10.5. The van der Waals surface area contributed by atoms with E-state index >= 15 is 0 Å². The van der Waals surface area contributed by atoms with Crippen LogP contribution in [0.15, 0.2) is 54.6 Å². The lowest BCUT2D eigenvalue weighted by molar-refractivity contribution is -0.122. The van der Waals surface area contributed by atoms with Crippen LogP contribution in [0.4, 0.5) is 11.4 Å². The highest BCUT2D eigenvalue weighted by Gasteiger charge is 2.14. The molecule has 5 heteroatoms. The Bertz CT molecular complexity index is 656. The summed E-state index contributed by atoms with van der Waals surface area (Å²) < 4.78 is 5.56. The van der Waals surface area contributed by atoms with Crippen molar-refractivity contribution in [2.45, 2.75) is 20.0 Å².